The van der Waals surface area contributed by atoms with Gasteiger partial charge in [0.15, 0.2) is 5.71 Å². The first-order valence-corrected chi connectivity index (χ1v) is 4.95. The second-order valence-electron chi connectivity index (χ2n) is 3.26. The van der Waals surface area contributed by atoms with Crippen LogP contribution in [0.3, 0.4) is 0 Å². The summed E-state index contributed by atoms with van der Waals surface area (Å²) in [5.41, 5.74) is 1.05. The number of rotatable bonds is 3. The Labute approximate surface area is 106 Å². The zero-order valence-electron chi connectivity index (χ0n) is 9.69. The highest BCUT2D eigenvalue weighted by atomic mass is 19.4. The Hall–Kier alpha value is -2.38. The van der Waals surface area contributed by atoms with Crippen molar-refractivity contribution in [2.24, 2.45) is 5.10 Å². The molecular weight excluding hydrogens is 265 g/mol. The van der Waals surface area contributed by atoms with Crippen LogP contribution in [0.2, 0.25) is 0 Å². The van der Waals surface area contributed by atoms with E-state index in [1.54, 1.807) is 18.2 Å². The first-order valence-electron chi connectivity index (χ1n) is 4.95. The number of nitrogens with one attached hydrogen (secondary N) is 1. The van der Waals surface area contributed by atoms with Crippen LogP contribution in [-0.4, -0.2) is 30.9 Å². The summed E-state index contributed by atoms with van der Waals surface area (Å²) in [7, 11) is 1.05. The Kier molecular flexibility index (Phi) is 4.62. The highest BCUT2D eigenvalue weighted by molar-refractivity contribution is 6.43. The molecule has 8 heteroatoms. The van der Waals surface area contributed by atoms with Crippen LogP contribution in [0.15, 0.2) is 35.4 Å². The summed E-state index contributed by atoms with van der Waals surface area (Å²) in [5.74, 6) is -3.24. The highest BCUT2D eigenvalue weighted by Crippen LogP contribution is 2.14. The summed E-state index contributed by atoms with van der Waals surface area (Å²) >= 11 is 0. The van der Waals surface area contributed by atoms with E-state index in [1.165, 1.54) is 17.6 Å². The van der Waals surface area contributed by atoms with E-state index in [0.717, 1.165) is 7.11 Å². The molecule has 0 unspecified atom stereocenters. The number of methoxy groups -OCH3 is 1. The van der Waals surface area contributed by atoms with Gasteiger partial charge in [-0.15, -0.1) is 0 Å². The van der Waals surface area contributed by atoms with Gasteiger partial charge in [-0.2, -0.15) is 18.3 Å². The van der Waals surface area contributed by atoms with Crippen molar-refractivity contribution in [3.8, 4) is 0 Å². The molecule has 0 saturated heterocycles. The smallest absolute Gasteiger partial charge is 0.464 e. The third-order valence-corrected chi connectivity index (χ3v) is 1.95. The van der Waals surface area contributed by atoms with Crippen LogP contribution in [0.5, 0.6) is 0 Å². The molecule has 0 aromatic heterocycles. The van der Waals surface area contributed by atoms with Gasteiger partial charge >= 0.3 is 18.1 Å². The topological polar surface area (TPSA) is 67.8 Å². The minimum atomic E-state index is -5.08. The lowest BCUT2D eigenvalue weighted by molar-refractivity contribution is -0.173. The lowest BCUT2D eigenvalue weighted by atomic mass is 10.1. The number of nitrogens with zero attached hydrogens (tertiary/aromatic N) is 1. The summed E-state index contributed by atoms with van der Waals surface area (Å²) in [6.07, 6.45) is -5.08. The van der Waals surface area contributed by atoms with Crippen LogP contribution < -0.4 is 5.43 Å². The number of carbonyl (C=O) groups is 2. The highest BCUT2D eigenvalue weighted by Gasteiger charge is 2.38. The molecule has 0 radical (unpaired) electrons. The maximum absolute atomic E-state index is 12.0. The maximum atomic E-state index is 12.0. The van der Waals surface area contributed by atoms with Crippen molar-refractivity contribution in [3.05, 3.63) is 35.9 Å². The number of ether oxygens (including phenoxy) is 1. The van der Waals surface area contributed by atoms with Crippen molar-refractivity contribution in [1.82, 2.24) is 5.43 Å². The fraction of sp³-hybridized carbons (Fsp3) is 0.182. The van der Waals surface area contributed by atoms with E-state index in [2.05, 4.69) is 9.84 Å². The molecule has 0 aliphatic heterocycles. The van der Waals surface area contributed by atoms with E-state index < -0.39 is 23.8 Å². The zero-order chi connectivity index (χ0) is 14.5. The molecule has 0 saturated carbocycles. The van der Waals surface area contributed by atoms with E-state index >= 15 is 0 Å². The molecule has 1 amide bonds. The summed E-state index contributed by atoms with van der Waals surface area (Å²) in [4.78, 5) is 22.0. The molecule has 1 aromatic rings. The number of esters is 1. The fourth-order valence-corrected chi connectivity index (χ4v) is 1.09. The van der Waals surface area contributed by atoms with Gasteiger partial charge in [0.25, 0.3) is 0 Å². The van der Waals surface area contributed by atoms with Gasteiger partial charge < -0.3 is 4.74 Å². The van der Waals surface area contributed by atoms with Gasteiger partial charge in [0.05, 0.1) is 7.11 Å². The molecule has 0 aliphatic rings. The van der Waals surface area contributed by atoms with E-state index in [1.807, 2.05) is 0 Å². The molecule has 0 fully saturated rings. The minimum Gasteiger partial charge on any atom is -0.464 e. The summed E-state index contributed by atoms with van der Waals surface area (Å²) in [6.45, 7) is 0. The summed E-state index contributed by atoms with van der Waals surface area (Å²) in [6, 6.07) is 7.64. The maximum Gasteiger partial charge on any atom is 0.473 e. The predicted octanol–water partition coefficient (Wildman–Crippen LogP) is 1.24. The number of carbonyl (C=O) groups excluding carboxylic acids is 2. The first kappa shape index (κ1) is 14.7. The fourth-order valence-electron chi connectivity index (χ4n) is 1.09. The molecule has 0 aliphatic carbocycles. The van der Waals surface area contributed by atoms with Crippen molar-refractivity contribution < 1.29 is 27.5 Å². The molecule has 0 atom stereocenters. The zero-order valence-corrected chi connectivity index (χ0v) is 9.69. The first-order chi connectivity index (χ1) is 8.86. The SMILES string of the molecule is COC(=O)C(=NNC(=O)C(F)(F)F)c1ccccc1. The molecule has 1 N–H and O–H groups in total. The lowest BCUT2D eigenvalue weighted by Crippen LogP contribution is -2.35. The number of amides is 1. The van der Waals surface area contributed by atoms with Crippen molar-refractivity contribution >= 4 is 17.6 Å². The van der Waals surface area contributed by atoms with Gasteiger partial charge in [-0.05, 0) is 0 Å². The van der Waals surface area contributed by atoms with Crippen molar-refractivity contribution in [2.75, 3.05) is 7.11 Å². The average molecular weight is 274 g/mol. The number of benzene rings is 1. The Morgan fingerprint density at radius 1 is 1.21 bits per heavy atom. The predicted molar refractivity (Wildman–Crippen MR) is 59.2 cm³/mol. The molecule has 19 heavy (non-hydrogen) atoms. The van der Waals surface area contributed by atoms with Gasteiger partial charge in [-0.1, -0.05) is 30.3 Å². The molecule has 1 rings (SSSR count). The average Bonchev–Trinajstić information content (AvgIpc) is 2.38. The Morgan fingerprint density at radius 2 is 1.79 bits per heavy atom. The lowest BCUT2D eigenvalue weighted by Gasteiger charge is -2.06. The van der Waals surface area contributed by atoms with Crippen LogP contribution >= 0.6 is 0 Å². The van der Waals surface area contributed by atoms with Gasteiger partial charge in [-0.25, -0.2) is 10.2 Å². The second-order valence-corrected chi connectivity index (χ2v) is 3.26. The van der Waals surface area contributed by atoms with Crippen LogP contribution in [-0.2, 0) is 14.3 Å². The van der Waals surface area contributed by atoms with Gasteiger partial charge in [0.1, 0.15) is 0 Å². The quantitative estimate of drug-likeness (QED) is 0.512. The monoisotopic (exact) mass is 274 g/mol. The molecule has 1 aromatic carbocycles. The summed E-state index contributed by atoms with van der Waals surface area (Å²) < 4.78 is 40.3. The Balaban J connectivity index is 3.00. The van der Waals surface area contributed by atoms with E-state index in [-0.39, 0.29) is 5.56 Å². The Morgan fingerprint density at radius 3 is 2.26 bits per heavy atom. The second kappa shape index (κ2) is 5.98. The van der Waals surface area contributed by atoms with Crippen LogP contribution in [0, 0.1) is 0 Å². The number of hydrogen-bond donors (Lipinski definition) is 1. The van der Waals surface area contributed by atoms with Gasteiger partial charge in [-0.3, -0.25) is 4.79 Å². The van der Waals surface area contributed by atoms with E-state index in [0.29, 0.717) is 0 Å². The van der Waals surface area contributed by atoms with E-state index in [4.69, 9.17) is 0 Å². The number of hydrogen-bond acceptors (Lipinski definition) is 4. The van der Waals surface area contributed by atoms with Crippen LogP contribution in [0.25, 0.3) is 0 Å². The number of halogens is 3. The van der Waals surface area contributed by atoms with Crippen LogP contribution in [0.4, 0.5) is 13.2 Å². The number of alkyl halides is 3. The molecule has 0 heterocycles. The van der Waals surface area contributed by atoms with Gasteiger partial charge in [0, 0.05) is 5.56 Å². The molecule has 102 valence electrons. The third kappa shape index (κ3) is 4.09. The largest absolute Gasteiger partial charge is 0.473 e. The third-order valence-electron chi connectivity index (χ3n) is 1.95. The molecular formula is C11H9F3N2O3. The minimum absolute atomic E-state index is 0.219. The van der Waals surface area contributed by atoms with Crippen LogP contribution in [0.1, 0.15) is 5.56 Å². The standard InChI is InChI=1S/C11H9F3N2O3/c1-19-9(17)8(7-5-3-2-4-6-7)15-16-10(18)11(12,13)14/h2-6H,1H3,(H,16,18). The van der Waals surface area contributed by atoms with Crippen molar-refractivity contribution in [1.29, 1.82) is 0 Å². The van der Waals surface area contributed by atoms with Crippen molar-refractivity contribution in [3.63, 3.8) is 0 Å². The summed E-state index contributed by atoms with van der Waals surface area (Å²) in [5, 5.41) is 3.15. The molecule has 5 nitrogen and oxygen atoms in total. The molecule has 0 spiro atoms. The molecule has 0 bridgehead atoms. The number of hydrazone groups is 1. The normalized spacial score (nSPS) is 11.9. The Bertz CT molecular complexity index is 498. The van der Waals surface area contributed by atoms with Crippen molar-refractivity contribution in [2.45, 2.75) is 6.18 Å². The van der Waals surface area contributed by atoms with E-state index in [9.17, 15) is 22.8 Å². The van der Waals surface area contributed by atoms with Gasteiger partial charge in [0.2, 0.25) is 0 Å².